The number of carboxylic acid groups (broad SMARTS) is 1. The van der Waals surface area contributed by atoms with Gasteiger partial charge in [0.2, 0.25) is 5.95 Å². The van der Waals surface area contributed by atoms with Gasteiger partial charge in [-0.25, -0.2) is 13.2 Å². The number of hydrogen-bond acceptors (Lipinski definition) is 9. The Morgan fingerprint density at radius 2 is 1.89 bits per heavy atom. The van der Waals surface area contributed by atoms with E-state index in [0.29, 0.717) is 23.0 Å². The number of aromatic nitrogens is 3. The Kier molecular flexibility index (Phi) is 8.24. The number of hydrogen-bond donors (Lipinski definition) is 4. The summed E-state index contributed by atoms with van der Waals surface area (Å²) in [6.07, 6.45) is -0.274. The van der Waals surface area contributed by atoms with Gasteiger partial charge in [-0.1, -0.05) is 0 Å². The third-order valence-electron chi connectivity index (χ3n) is 5.07. The number of carboxylic acids is 1. The summed E-state index contributed by atoms with van der Waals surface area (Å²) in [5, 5.41) is 14.7. The number of alkyl halides is 3. The van der Waals surface area contributed by atoms with Gasteiger partial charge >= 0.3 is 12.1 Å². The third-order valence-corrected chi connectivity index (χ3v) is 6.18. The number of H-pyrrole nitrogens is 1. The number of rotatable bonds is 6. The molecule has 3 heterocycles. The Labute approximate surface area is 204 Å². The molecular formula is C21H24F3N5O6S. The molecular weight excluding hydrogens is 507 g/mol. The van der Waals surface area contributed by atoms with Crippen molar-refractivity contribution in [2.75, 3.05) is 37.2 Å². The van der Waals surface area contributed by atoms with Crippen molar-refractivity contribution in [1.29, 1.82) is 0 Å². The second-order valence-electron chi connectivity index (χ2n) is 7.73. The molecule has 0 unspecified atom stereocenters. The molecule has 1 fully saturated rings. The number of aromatic amines is 1. The molecule has 0 bridgehead atoms. The molecule has 1 aliphatic heterocycles. The van der Waals surface area contributed by atoms with Gasteiger partial charge in [0, 0.05) is 37.8 Å². The Balaban J connectivity index is 0.000000454. The minimum Gasteiger partial charge on any atom is -0.495 e. The van der Waals surface area contributed by atoms with Crippen LogP contribution in [0.2, 0.25) is 0 Å². The molecule has 1 aromatic carbocycles. The van der Waals surface area contributed by atoms with Crippen LogP contribution in [-0.4, -0.2) is 73.2 Å². The molecule has 0 spiro atoms. The van der Waals surface area contributed by atoms with Gasteiger partial charge in [-0.05, 0) is 31.0 Å². The number of ether oxygens (including phenoxy) is 2. The summed E-state index contributed by atoms with van der Waals surface area (Å²) >= 11 is 0. The van der Waals surface area contributed by atoms with E-state index in [2.05, 4.69) is 25.6 Å². The van der Waals surface area contributed by atoms with E-state index in [0.717, 1.165) is 43.5 Å². The molecule has 4 N–H and O–H groups in total. The van der Waals surface area contributed by atoms with E-state index in [9.17, 15) is 21.6 Å². The molecule has 196 valence electrons. The first-order chi connectivity index (χ1) is 16.9. The van der Waals surface area contributed by atoms with E-state index in [1.807, 2.05) is 12.3 Å². The van der Waals surface area contributed by atoms with Gasteiger partial charge in [-0.3, -0.25) is 0 Å². The molecule has 1 saturated heterocycles. The van der Waals surface area contributed by atoms with Gasteiger partial charge < -0.3 is 30.2 Å². The van der Waals surface area contributed by atoms with Crippen LogP contribution in [0.15, 0.2) is 35.4 Å². The molecule has 0 atom stereocenters. The maximum absolute atomic E-state index is 11.8. The van der Waals surface area contributed by atoms with Crippen molar-refractivity contribution in [2.24, 2.45) is 0 Å². The quantitative estimate of drug-likeness (QED) is 0.372. The molecule has 4 rings (SSSR count). The van der Waals surface area contributed by atoms with Gasteiger partial charge in [0.1, 0.15) is 17.2 Å². The van der Waals surface area contributed by atoms with Crippen molar-refractivity contribution in [3.05, 3.63) is 30.5 Å². The van der Waals surface area contributed by atoms with Gasteiger partial charge in [-0.15, -0.1) is 0 Å². The summed E-state index contributed by atoms with van der Waals surface area (Å²) in [4.78, 5) is 21.3. The fourth-order valence-corrected chi connectivity index (χ4v) is 3.90. The Hall–Kier alpha value is -3.59. The minimum atomic E-state index is -5.08. The van der Waals surface area contributed by atoms with Gasteiger partial charge in [0.25, 0.3) is 0 Å². The predicted molar refractivity (Wildman–Crippen MR) is 124 cm³/mol. The maximum atomic E-state index is 11.8. The van der Waals surface area contributed by atoms with E-state index in [1.165, 1.54) is 19.2 Å². The van der Waals surface area contributed by atoms with Crippen LogP contribution in [0.4, 0.5) is 30.6 Å². The normalized spacial score (nSPS) is 14.6. The second kappa shape index (κ2) is 11.0. The molecule has 0 amide bonds. The first-order valence-electron chi connectivity index (χ1n) is 10.5. The van der Waals surface area contributed by atoms with Gasteiger partial charge in [0.05, 0.1) is 23.1 Å². The van der Waals surface area contributed by atoms with Crippen LogP contribution in [-0.2, 0) is 19.4 Å². The highest BCUT2D eigenvalue weighted by atomic mass is 32.2. The average molecular weight is 532 g/mol. The van der Waals surface area contributed by atoms with E-state index >= 15 is 0 Å². The SMILES string of the molecule is COc1cc(S(C)(=O)=O)ccc1Nc1nc(NC2CCOCC2)c2cc[nH]c2n1.O=C(O)C(F)(F)F. The summed E-state index contributed by atoms with van der Waals surface area (Å²) < 4.78 is 66.1. The highest BCUT2D eigenvalue weighted by Gasteiger charge is 2.38. The topological polar surface area (TPSA) is 156 Å². The fraction of sp³-hybridized carbons (Fsp3) is 0.381. The molecule has 0 saturated carbocycles. The largest absolute Gasteiger partial charge is 0.495 e. The number of fused-ring (bicyclic) bond motifs is 1. The molecule has 0 aliphatic carbocycles. The molecule has 2 aromatic heterocycles. The van der Waals surface area contributed by atoms with E-state index in [1.54, 1.807) is 6.07 Å². The van der Waals surface area contributed by atoms with Crippen LogP contribution in [0.1, 0.15) is 12.8 Å². The number of carbonyl (C=O) groups is 1. The lowest BCUT2D eigenvalue weighted by Crippen LogP contribution is -2.28. The monoisotopic (exact) mass is 531 g/mol. The molecule has 0 radical (unpaired) electrons. The minimum absolute atomic E-state index is 0.183. The standard InChI is InChI=1S/C19H23N5O4S.C2HF3O2/c1-27-16-11-13(29(2,25)26)3-4-15(16)22-19-23-17-14(5-8-20-17)18(24-19)21-12-6-9-28-10-7-12;3-2(4,5)1(6)7/h3-5,8,11-12H,6-7,9-10H2,1-2H3,(H3,20,21,22,23,24);(H,6,7). The zero-order chi connectivity index (χ0) is 26.5. The van der Waals surface area contributed by atoms with Gasteiger partial charge in [0.15, 0.2) is 9.84 Å². The number of nitrogens with one attached hydrogen (secondary N) is 3. The molecule has 1 aliphatic rings. The molecule has 36 heavy (non-hydrogen) atoms. The lowest BCUT2D eigenvalue weighted by molar-refractivity contribution is -0.192. The highest BCUT2D eigenvalue weighted by molar-refractivity contribution is 7.90. The maximum Gasteiger partial charge on any atom is 0.490 e. The van der Waals surface area contributed by atoms with Crippen molar-refractivity contribution in [3.8, 4) is 5.75 Å². The van der Waals surface area contributed by atoms with Crippen molar-refractivity contribution in [3.63, 3.8) is 0 Å². The van der Waals surface area contributed by atoms with E-state index < -0.39 is 22.0 Å². The van der Waals surface area contributed by atoms with Crippen LogP contribution in [0.5, 0.6) is 5.75 Å². The summed E-state index contributed by atoms with van der Waals surface area (Å²) in [5.74, 6) is -1.26. The smallest absolute Gasteiger partial charge is 0.490 e. The number of nitrogens with zero attached hydrogens (tertiary/aromatic N) is 2. The number of methoxy groups -OCH3 is 1. The van der Waals surface area contributed by atoms with Crippen LogP contribution in [0.3, 0.4) is 0 Å². The lowest BCUT2D eigenvalue weighted by Gasteiger charge is -2.24. The zero-order valence-corrected chi connectivity index (χ0v) is 20.0. The molecule has 11 nitrogen and oxygen atoms in total. The lowest BCUT2D eigenvalue weighted by atomic mass is 10.1. The Bertz CT molecular complexity index is 1320. The van der Waals surface area contributed by atoms with Crippen LogP contribution < -0.4 is 15.4 Å². The zero-order valence-electron chi connectivity index (χ0n) is 19.2. The van der Waals surface area contributed by atoms with E-state index in [-0.39, 0.29) is 10.9 Å². The summed E-state index contributed by atoms with van der Waals surface area (Å²) in [6.45, 7) is 1.46. The first-order valence-corrected chi connectivity index (χ1v) is 12.4. The summed E-state index contributed by atoms with van der Waals surface area (Å²) in [7, 11) is -1.85. The Morgan fingerprint density at radius 3 is 2.47 bits per heavy atom. The predicted octanol–water partition coefficient (Wildman–Crippen LogP) is 3.34. The number of sulfone groups is 1. The third kappa shape index (κ3) is 6.97. The average Bonchev–Trinajstić information content (AvgIpc) is 3.28. The number of halogens is 3. The summed E-state index contributed by atoms with van der Waals surface area (Å²) in [5.41, 5.74) is 1.27. The Morgan fingerprint density at radius 1 is 1.22 bits per heavy atom. The fourth-order valence-electron chi connectivity index (χ4n) is 3.27. The second-order valence-corrected chi connectivity index (χ2v) is 9.74. The molecule has 15 heteroatoms. The van der Waals surface area contributed by atoms with E-state index in [4.69, 9.17) is 19.4 Å². The number of benzene rings is 1. The van der Waals surface area contributed by atoms with Crippen molar-refractivity contribution < 1.29 is 41.0 Å². The highest BCUT2D eigenvalue weighted by Crippen LogP contribution is 2.31. The van der Waals surface area contributed by atoms with Crippen LogP contribution in [0, 0.1) is 0 Å². The number of anilines is 3. The van der Waals surface area contributed by atoms with Crippen molar-refractivity contribution in [1.82, 2.24) is 15.0 Å². The van der Waals surface area contributed by atoms with Crippen LogP contribution in [0.25, 0.3) is 11.0 Å². The number of aliphatic carboxylic acids is 1. The van der Waals surface area contributed by atoms with Gasteiger partial charge in [-0.2, -0.15) is 23.1 Å². The van der Waals surface area contributed by atoms with Crippen LogP contribution >= 0.6 is 0 Å². The van der Waals surface area contributed by atoms with Crippen molar-refractivity contribution in [2.45, 2.75) is 30.0 Å². The molecule has 3 aromatic rings. The van der Waals surface area contributed by atoms with Crippen molar-refractivity contribution >= 4 is 44.3 Å². The first kappa shape index (κ1) is 27.0. The summed E-state index contributed by atoms with van der Waals surface area (Å²) in [6, 6.07) is 6.86.